The largest absolute Gasteiger partial charge is 0.497 e. The summed E-state index contributed by atoms with van der Waals surface area (Å²) in [6, 6.07) is 17.1. The van der Waals surface area contributed by atoms with Crippen molar-refractivity contribution in [1.82, 2.24) is 4.90 Å². The van der Waals surface area contributed by atoms with E-state index in [1.165, 1.54) is 11.1 Å². The summed E-state index contributed by atoms with van der Waals surface area (Å²) in [7, 11) is 3.41. The Balaban J connectivity index is 1.37. The van der Waals surface area contributed by atoms with Gasteiger partial charge in [-0.1, -0.05) is 23.3 Å². The Morgan fingerprint density at radius 2 is 1.50 bits per heavy atom. The lowest BCUT2D eigenvalue weighted by Gasteiger charge is -2.38. The molecule has 184 valence electrons. The van der Waals surface area contributed by atoms with Crippen LogP contribution in [0.3, 0.4) is 0 Å². The molecular weight excluding hydrogens is 426 g/mol. The van der Waals surface area contributed by atoms with Gasteiger partial charge in [0.1, 0.15) is 11.5 Å². The van der Waals surface area contributed by atoms with Gasteiger partial charge in [-0.05, 0) is 88.0 Å². The van der Waals surface area contributed by atoms with Crippen LogP contribution in [-0.4, -0.2) is 51.5 Å². The molecule has 0 amide bonds. The second-order valence-corrected chi connectivity index (χ2v) is 9.45. The standard InChI is InChI=1S/C29H39NO4/c1-22-15-18-30(28(23(22)2)21-24-7-11-26(31-3)12-8-24)17-6-5-16-29(33-19-20-34-29)25-9-13-27(32-4)14-10-25/h7-14,28H,5-6,15-21H2,1-4H3. The molecule has 2 aromatic rings. The second-order valence-electron chi connectivity index (χ2n) is 9.45. The van der Waals surface area contributed by atoms with E-state index in [9.17, 15) is 0 Å². The van der Waals surface area contributed by atoms with Crippen molar-refractivity contribution in [2.24, 2.45) is 0 Å². The van der Waals surface area contributed by atoms with Gasteiger partial charge in [0.25, 0.3) is 0 Å². The summed E-state index contributed by atoms with van der Waals surface area (Å²) in [6.45, 7) is 8.11. The molecule has 2 heterocycles. The van der Waals surface area contributed by atoms with Gasteiger partial charge >= 0.3 is 0 Å². The molecule has 0 radical (unpaired) electrons. The van der Waals surface area contributed by atoms with Crippen LogP contribution in [0.1, 0.15) is 50.7 Å². The van der Waals surface area contributed by atoms with Gasteiger partial charge in [-0.3, -0.25) is 4.90 Å². The number of rotatable bonds is 10. The van der Waals surface area contributed by atoms with Crippen molar-refractivity contribution in [3.05, 3.63) is 70.8 Å². The fourth-order valence-corrected chi connectivity index (χ4v) is 5.18. The highest BCUT2D eigenvalue weighted by atomic mass is 16.7. The third-order valence-electron chi connectivity index (χ3n) is 7.46. The summed E-state index contributed by atoms with van der Waals surface area (Å²) in [5.74, 6) is 1.14. The second kappa shape index (κ2) is 11.4. The van der Waals surface area contributed by atoms with Crippen molar-refractivity contribution in [2.45, 2.75) is 57.8 Å². The van der Waals surface area contributed by atoms with E-state index >= 15 is 0 Å². The van der Waals surface area contributed by atoms with E-state index < -0.39 is 5.79 Å². The summed E-state index contributed by atoms with van der Waals surface area (Å²) >= 11 is 0. The van der Waals surface area contributed by atoms with Gasteiger partial charge in [-0.25, -0.2) is 0 Å². The van der Waals surface area contributed by atoms with Crippen LogP contribution < -0.4 is 9.47 Å². The first-order chi connectivity index (χ1) is 16.5. The molecule has 2 aromatic carbocycles. The Bertz CT molecular complexity index is 945. The quantitative estimate of drug-likeness (QED) is 0.331. The van der Waals surface area contributed by atoms with E-state index in [4.69, 9.17) is 18.9 Å². The van der Waals surface area contributed by atoms with E-state index in [1.54, 1.807) is 19.8 Å². The van der Waals surface area contributed by atoms with Gasteiger partial charge < -0.3 is 18.9 Å². The van der Waals surface area contributed by atoms with Crippen molar-refractivity contribution < 1.29 is 18.9 Å². The molecule has 0 N–H and O–H groups in total. The van der Waals surface area contributed by atoms with Gasteiger partial charge in [-0.15, -0.1) is 0 Å². The highest BCUT2D eigenvalue weighted by Crippen LogP contribution is 2.37. The molecule has 1 atom stereocenters. The topological polar surface area (TPSA) is 40.2 Å². The first kappa shape index (κ1) is 24.8. The molecule has 2 aliphatic heterocycles. The Labute approximate surface area is 204 Å². The molecule has 4 rings (SSSR count). The lowest BCUT2D eigenvalue weighted by atomic mass is 9.90. The maximum atomic E-state index is 6.15. The van der Waals surface area contributed by atoms with Crippen LogP contribution in [0.25, 0.3) is 0 Å². The van der Waals surface area contributed by atoms with Crippen LogP contribution in [0, 0.1) is 0 Å². The highest BCUT2D eigenvalue weighted by Gasteiger charge is 2.38. The Morgan fingerprint density at radius 1 is 0.882 bits per heavy atom. The van der Waals surface area contributed by atoms with Gasteiger partial charge in [0.2, 0.25) is 0 Å². The number of methoxy groups -OCH3 is 2. The van der Waals surface area contributed by atoms with Crippen molar-refractivity contribution in [1.29, 1.82) is 0 Å². The van der Waals surface area contributed by atoms with Crippen LogP contribution >= 0.6 is 0 Å². The van der Waals surface area contributed by atoms with Crippen molar-refractivity contribution in [3.8, 4) is 11.5 Å². The molecule has 0 aromatic heterocycles. The average Bonchev–Trinajstić information content (AvgIpc) is 3.36. The van der Waals surface area contributed by atoms with Gasteiger partial charge in [0.05, 0.1) is 27.4 Å². The molecule has 0 bridgehead atoms. The molecule has 1 unspecified atom stereocenters. The zero-order chi connectivity index (χ0) is 24.0. The summed E-state index contributed by atoms with van der Waals surface area (Å²) in [5, 5.41) is 0. The van der Waals surface area contributed by atoms with Crippen molar-refractivity contribution in [3.63, 3.8) is 0 Å². The molecule has 1 fully saturated rings. The fourth-order valence-electron chi connectivity index (χ4n) is 5.18. The minimum absolute atomic E-state index is 0.455. The van der Waals surface area contributed by atoms with E-state index in [1.807, 2.05) is 12.1 Å². The number of hydrogen-bond donors (Lipinski definition) is 0. The van der Waals surface area contributed by atoms with Crippen LogP contribution in [0.2, 0.25) is 0 Å². The molecule has 5 heteroatoms. The number of nitrogens with zero attached hydrogens (tertiary/aromatic N) is 1. The predicted molar refractivity (Wildman–Crippen MR) is 135 cm³/mol. The molecule has 0 aliphatic carbocycles. The van der Waals surface area contributed by atoms with Crippen LogP contribution in [0.5, 0.6) is 11.5 Å². The summed E-state index contributed by atoms with van der Waals surface area (Å²) < 4.78 is 22.9. The van der Waals surface area contributed by atoms with Crippen molar-refractivity contribution in [2.75, 3.05) is 40.5 Å². The molecule has 0 saturated carbocycles. The average molecular weight is 466 g/mol. The third kappa shape index (κ3) is 5.65. The van der Waals surface area contributed by atoms with Crippen LogP contribution in [-0.2, 0) is 21.7 Å². The van der Waals surface area contributed by atoms with Gasteiger partial charge in [-0.2, -0.15) is 0 Å². The molecule has 1 saturated heterocycles. The summed E-state index contributed by atoms with van der Waals surface area (Å²) in [5.41, 5.74) is 5.51. The Hall–Kier alpha value is -2.34. The number of ether oxygens (including phenoxy) is 4. The number of unbranched alkanes of at least 4 members (excludes halogenated alkanes) is 1. The summed E-state index contributed by atoms with van der Waals surface area (Å²) in [4.78, 5) is 2.67. The minimum Gasteiger partial charge on any atom is -0.497 e. The highest BCUT2D eigenvalue weighted by molar-refractivity contribution is 5.31. The lowest BCUT2D eigenvalue weighted by molar-refractivity contribution is -0.171. The van der Waals surface area contributed by atoms with E-state index in [0.29, 0.717) is 19.3 Å². The zero-order valence-corrected chi connectivity index (χ0v) is 21.1. The molecule has 5 nitrogen and oxygen atoms in total. The lowest BCUT2D eigenvalue weighted by Crippen LogP contribution is -2.42. The van der Waals surface area contributed by atoms with Crippen molar-refractivity contribution >= 4 is 0 Å². The molecular formula is C29H39NO4. The zero-order valence-electron chi connectivity index (χ0n) is 21.1. The minimum atomic E-state index is -0.622. The number of benzene rings is 2. The van der Waals surface area contributed by atoms with E-state index in [0.717, 1.165) is 62.3 Å². The summed E-state index contributed by atoms with van der Waals surface area (Å²) in [6.07, 6.45) is 5.24. The van der Waals surface area contributed by atoms with Crippen LogP contribution in [0.15, 0.2) is 59.7 Å². The van der Waals surface area contributed by atoms with E-state index in [-0.39, 0.29) is 0 Å². The maximum absolute atomic E-state index is 6.15. The smallest absolute Gasteiger partial charge is 0.194 e. The first-order valence-electron chi connectivity index (χ1n) is 12.5. The van der Waals surface area contributed by atoms with E-state index in [2.05, 4.69) is 55.1 Å². The maximum Gasteiger partial charge on any atom is 0.194 e. The van der Waals surface area contributed by atoms with Crippen LogP contribution in [0.4, 0.5) is 0 Å². The van der Waals surface area contributed by atoms with Gasteiger partial charge in [0.15, 0.2) is 5.79 Å². The third-order valence-corrected chi connectivity index (χ3v) is 7.46. The fraction of sp³-hybridized carbons (Fsp3) is 0.517. The molecule has 2 aliphatic rings. The normalized spacial score (nSPS) is 20.5. The Morgan fingerprint density at radius 3 is 2.12 bits per heavy atom. The SMILES string of the molecule is COc1ccc(CC2C(C)=C(C)CCN2CCCCC2(c3ccc(OC)cc3)OCCO2)cc1. The predicted octanol–water partition coefficient (Wildman–Crippen LogP) is 5.73. The van der Waals surface area contributed by atoms with Gasteiger partial charge in [0, 0.05) is 24.6 Å². The molecule has 34 heavy (non-hydrogen) atoms. The monoisotopic (exact) mass is 465 g/mol. The number of hydrogen-bond acceptors (Lipinski definition) is 5. The Kier molecular flexibility index (Phi) is 8.30. The molecule has 0 spiro atoms. The first-order valence-corrected chi connectivity index (χ1v) is 12.5.